The first-order valence-electron chi connectivity index (χ1n) is 8.44. The minimum absolute atomic E-state index is 0.188. The van der Waals surface area contributed by atoms with E-state index in [9.17, 15) is 13.2 Å². The molecule has 2 aliphatic heterocycles. The molecule has 2 saturated heterocycles. The fourth-order valence-electron chi connectivity index (χ4n) is 3.60. The Morgan fingerprint density at radius 2 is 1.87 bits per heavy atom. The zero-order chi connectivity index (χ0) is 16.3. The summed E-state index contributed by atoms with van der Waals surface area (Å²) in [6, 6.07) is 0. The summed E-state index contributed by atoms with van der Waals surface area (Å²) in [5, 5.41) is 12.8. The highest BCUT2D eigenvalue weighted by atomic mass is 19.4. The van der Waals surface area contributed by atoms with E-state index in [0.29, 0.717) is 12.1 Å². The first kappa shape index (κ1) is 17.4. The molecule has 9 heteroatoms. The monoisotopic (exact) mass is 337 g/mol. The van der Waals surface area contributed by atoms with Crippen molar-refractivity contribution in [2.75, 3.05) is 26.2 Å². The van der Waals surface area contributed by atoms with E-state index in [2.05, 4.69) is 31.6 Å². The lowest BCUT2D eigenvalue weighted by Gasteiger charge is -2.33. The number of hydrogen-bond donors (Lipinski definition) is 5. The van der Waals surface area contributed by atoms with Crippen LogP contribution in [-0.4, -0.2) is 50.9 Å². The molecule has 0 aromatic carbocycles. The standard InChI is InChI=1S/C14H26F3N5O/c15-14(16,17)13-21-12(22-23-13)10-3-1-9(2-4-10)7-20-11-8-18-5-6-19-11/h9-13,18-22H,1-8H2. The second kappa shape index (κ2) is 7.62. The molecule has 0 aromatic heterocycles. The Hall–Kier alpha value is -0.450. The predicted molar refractivity (Wildman–Crippen MR) is 79.1 cm³/mol. The lowest BCUT2D eigenvalue weighted by Crippen LogP contribution is -2.56. The molecule has 3 unspecified atom stereocenters. The molecule has 0 amide bonds. The van der Waals surface area contributed by atoms with E-state index in [-0.39, 0.29) is 5.92 Å². The van der Waals surface area contributed by atoms with E-state index in [1.807, 2.05) is 0 Å². The Morgan fingerprint density at radius 3 is 2.48 bits per heavy atom. The van der Waals surface area contributed by atoms with Crippen LogP contribution in [0.2, 0.25) is 0 Å². The summed E-state index contributed by atoms with van der Waals surface area (Å²) in [5.41, 5.74) is 2.52. The van der Waals surface area contributed by atoms with Crippen LogP contribution in [0.4, 0.5) is 13.2 Å². The number of hydroxylamine groups is 1. The third-order valence-electron chi connectivity index (χ3n) is 5.00. The fraction of sp³-hybridized carbons (Fsp3) is 1.00. The number of piperazine rings is 1. The third kappa shape index (κ3) is 4.77. The first-order chi connectivity index (χ1) is 11.0. The van der Waals surface area contributed by atoms with Gasteiger partial charge in [-0.1, -0.05) is 0 Å². The van der Waals surface area contributed by atoms with E-state index in [4.69, 9.17) is 0 Å². The van der Waals surface area contributed by atoms with Crippen molar-refractivity contribution in [2.24, 2.45) is 11.8 Å². The number of nitrogens with one attached hydrogen (secondary N) is 5. The Labute approximate surface area is 134 Å². The average Bonchev–Trinajstić information content (AvgIpc) is 3.05. The lowest BCUT2D eigenvalue weighted by atomic mass is 9.80. The van der Waals surface area contributed by atoms with Crippen molar-refractivity contribution in [3.63, 3.8) is 0 Å². The van der Waals surface area contributed by atoms with Crippen molar-refractivity contribution in [3.8, 4) is 0 Å². The summed E-state index contributed by atoms with van der Waals surface area (Å²) in [6.45, 7) is 3.87. The van der Waals surface area contributed by atoms with Gasteiger partial charge in [0, 0.05) is 19.6 Å². The predicted octanol–water partition coefficient (Wildman–Crippen LogP) is 0.240. The molecule has 3 rings (SSSR count). The van der Waals surface area contributed by atoms with Crippen LogP contribution in [0.5, 0.6) is 0 Å². The summed E-state index contributed by atoms with van der Waals surface area (Å²) < 4.78 is 37.8. The van der Waals surface area contributed by atoms with E-state index in [0.717, 1.165) is 51.9 Å². The zero-order valence-corrected chi connectivity index (χ0v) is 13.1. The number of rotatable bonds is 4. The van der Waals surface area contributed by atoms with Crippen molar-refractivity contribution in [1.29, 1.82) is 0 Å². The van der Waals surface area contributed by atoms with Gasteiger partial charge in [-0.15, -0.1) is 0 Å². The molecule has 23 heavy (non-hydrogen) atoms. The van der Waals surface area contributed by atoms with Gasteiger partial charge in [-0.25, -0.2) is 0 Å². The van der Waals surface area contributed by atoms with Crippen LogP contribution in [0, 0.1) is 11.8 Å². The molecule has 5 N–H and O–H groups in total. The van der Waals surface area contributed by atoms with Crippen LogP contribution in [0.25, 0.3) is 0 Å². The Morgan fingerprint density at radius 1 is 1.09 bits per heavy atom. The summed E-state index contributed by atoms with van der Waals surface area (Å²) in [7, 11) is 0. The van der Waals surface area contributed by atoms with Crippen LogP contribution in [0.15, 0.2) is 0 Å². The summed E-state index contributed by atoms with van der Waals surface area (Å²) in [6.07, 6.45) is -2.44. The van der Waals surface area contributed by atoms with Crippen molar-refractivity contribution in [2.45, 2.75) is 50.4 Å². The molecule has 0 radical (unpaired) electrons. The first-order valence-corrected chi connectivity index (χ1v) is 8.44. The second-order valence-electron chi connectivity index (χ2n) is 6.70. The Bertz CT molecular complexity index is 370. The van der Waals surface area contributed by atoms with Gasteiger partial charge in [-0.3, -0.25) is 15.5 Å². The van der Waals surface area contributed by atoms with Gasteiger partial charge in [0.25, 0.3) is 0 Å². The summed E-state index contributed by atoms with van der Waals surface area (Å²) in [5.74, 6) is 0.781. The molecule has 3 fully saturated rings. The van der Waals surface area contributed by atoms with Gasteiger partial charge >= 0.3 is 6.18 Å². The quantitative estimate of drug-likeness (QED) is 0.506. The van der Waals surface area contributed by atoms with Crippen molar-refractivity contribution < 1.29 is 18.0 Å². The third-order valence-corrected chi connectivity index (χ3v) is 5.00. The van der Waals surface area contributed by atoms with Gasteiger partial charge in [0.2, 0.25) is 6.23 Å². The molecule has 1 aliphatic carbocycles. The van der Waals surface area contributed by atoms with Crippen LogP contribution in [-0.2, 0) is 4.84 Å². The molecular weight excluding hydrogens is 311 g/mol. The maximum absolute atomic E-state index is 12.6. The molecule has 6 nitrogen and oxygen atoms in total. The van der Waals surface area contributed by atoms with Gasteiger partial charge in [0.1, 0.15) is 0 Å². The Balaban J connectivity index is 1.35. The topological polar surface area (TPSA) is 69.4 Å². The molecule has 2 heterocycles. The van der Waals surface area contributed by atoms with E-state index < -0.39 is 18.6 Å². The van der Waals surface area contributed by atoms with Crippen LogP contribution in [0.1, 0.15) is 25.7 Å². The molecule has 3 aliphatic rings. The highest BCUT2D eigenvalue weighted by Crippen LogP contribution is 2.33. The molecule has 1 saturated carbocycles. The maximum atomic E-state index is 12.6. The molecule has 3 atom stereocenters. The van der Waals surface area contributed by atoms with E-state index in [1.54, 1.807) is 0 Å². The van der Waals surface area contributed by atoms with Crippen molar-refractivity contribution in [1.82, 2.24) is 26.7 Å². The molecule has 0 bridgehead atoms. The van der Waals surface area contributed by atoms with Gasteiger partial charge in [0.05, 0.1) is 12.3 Å². The normalized spacial score (nSPS) is 39.5. The minimum Gasteiger partial charge on any atom is -0.313 e. The highest BCUT2D eigenvalue weighted by Gasteiger charge is 2.47. The smallest absolute Gasteiger partial charge is 0.313 e. The summed E-state index contributed by atoms with van der Waals surface area (Å²) in [4.78, 5) is 4.62. The largest absolute Gasteiger partial charge is 0.430 e. The maximum Gasteiger partial charge on any atom is 0.430 e. The second-order valence-corrected chi connectivity index (χ2v) is 6.70. The number of hydrogen-bond acceptors (Lipinski definition) is 6. The van der Waals surface area contributed by atoms with Gasteiger partial charge < -0.3 is 10.6 Å². The zero-order valence-electron chi connectivity index (χ0n) is 13.1. The van der Waals surface area contributed by atoms with E-state index in [1.165, 1.54) is 0 Å². The molecule has 0 spiro atoms. The highest BCUT2D eigenvalue weighted by molar-refractivity contribution is 4.85. The SMILES string of the molecule is FC(F)(F)C1NC(C2CCC(CNC3CNCCN3)CC2)NO1. The lowest BCUT2D eigenvalue weighted by molar-refractivity contribution is -0.224. The molecule has 134 valence electrons. The van der Waals surface area contributed by atoms with Gasteiger partial charge in [-0.2, -0.15) is 18.7 Å². The molecule has 0 aromatic rings. The van der Waals surface area contributed by atoms with E-state index >= 15 is 0 Å². The Kier molecular flexibility index (Phi) is 5.76. The minimum atomic E-state index is -4.37. The average molecular weight is 337 g/mol. The van der Waals surface area contributed by atoms with Crippen molar-refractivity contribution >= 4 is 0 Å². The van der Waals surface area contributed by atoms with Crippen molar-refractivity contribution in [3.05, 3.63) is 0 Å². The van der Waals surface area contributed by atoms with Crippen LogP contribution >= 0.6 is 0 Å². The van der Waals surface area contributed by atoms with Gasteiger partial charge in [-0.05, 0) is 44.1 Å². The number of halogens is 3. The van der Waals surface area contributed by atoms with Crippen LogP contribution < -0.4 is 26.7 Å². The summed E-state index contributed by atoms with van der Waals surface area (Å²) >= 11 is 0. The van der Waals surface area contributed by atoms with Gasteiger partial charge in [0.15, 0.2) is 0 Å². The van der Waals surface area contributed by atoms with Crippen LogP contribution in [0.3, 0.4) is 0 Å². The molecular formula is C14H26F3N5O. The fourth-order valence-corrected chi connectivity index (χ4v) is 3.60. The number of alkyl halides is 3.